The third-order valence-corrected chi connectivity index (χ3v) is 5.95. The molecule has 0 spiro atoms. The molecule has 0 aromatic heterocycles. The van der Waals surface area contributed by atoms with Crippen LogP contribution >= 0.6 is 0 Å². The summed E-state index contributed by atoms with van der Waals surface area (Å²) in [5.74, 6) is -1.17. The van der Waals surface area contributed by atoms with Gasteiger partial charge in [0, 0.05) is 26.2 Å². The van der Waals surface area contributed by atoms with Crippen molar-refractivity contribution in [3.63, 3.8) is 0 Å². The molecule has 1 aromatic rings. The van der Waals surface area contributed by atoms with E-state index < -0.39 is 28.5 Å². The molecule has 1 fully saturated rings. The summed E-state index contributed by atoms with van der Waals surface area (Å²) < 4.78 is 36.9. The predicted octanol–water partition coefficient (Wildman–Crippen LogP) is 1.06. The van der Waals surface area contributed by atoms with E-state index in [-0.39, 0.29) is 23.5 Å². The average Bonchev–Trinajstić information content (AvgIpc) is 2.72. The van der Waals surface area contributed by atoms with E-state index in [2.05, 4.69) is 13.2 Å². The fourth-order valence-electron chi connectivity index (χ4n) is 2.61. The van der Waals surface area contributed by atoms with E-state index in [1.807, 2.05) is 0 Å². The Hall–Kier alpha value is -2.49. The molecule has 0 aliphatic carbocycles. The summed E-state index contributed by atoms with van der Waals surface area (Å²) in [7, 11) is -3.73. The zero-order chi connectivity index (χ0) is 20.6. The third-order valence-electron chi connectivity index (χ3n) is 4.06. The zero-order valence-corrected chi connectivity index (χ0v) is 16.4. The minimum Gasteiger partial charge on any atom is -0.452 e. The molecule has 28 heavy (non-hydrogen) atoms. The first-order valence-electron chi connectivity index (χ1n) is 8.74. The summed E-state index contributed by atoms with van der Waals surface area (Å²) in [6.07, 6.45) is 3.12. The van der Waals surface area contributed by atoms with Crippen LogP contribution in [0.5, 0.6) is 0 Å². The molecule has 0 radical (unpaired) electrons. The molecule has 1 aromatic carbocycles. The number of sulfonamides is 1. The predicted molar refractivity (Wildman–Crippen MR) is 103 cm³/mol. The molecule has 8 nitrogen and oxygen atoms in total. The SMILES string of the molecule is C=CCN(CC=C)C(=O)COC(=O)c1cccc(S(=O)(=O)N2CCOCC2)c1. The van der Waals surface area contributed by atoms with Crippen LogP contribution in [-0.2, 0) is 24.3 Å². The van der Waals surface area contributed by atoms with Crippen LogP contribution in [0, 0.1) is 0 Å². The van der Waals surface area contributed by atoms with Gasteiger partial charge in [-0.1, -0.05) is 18.2 Å². The molecule has 1 aliphatic rings. The highest BCUT2D eigenvalue weighted by Crippen LogP contribution is 2.18. The van der Waals surface area contributed by atoms with Crippen LogP contribution in [0.4, 0.5) is 0 Å². The van der Waals surface area contributed by atoms with Gasteiger partial charge in [-0.15, -0.1) is 13.2 Å². The summed E-state index contributed by atoms with van der Waals surface area (Å²) >= 11 is 0. The number of benzene rings is 1. The number of carbonyl (C=O) groups excluding carboxylic acids is 2. The third kappa shape index (κ3) is 5.51. The van der Waals surface area contributed by atoms with E-state index in [0.717, 1.165) is 0 Å². The van der Waals surface area contributed by atoms with Gasteiger partial charge in [0.15, 0.2) is 6.61 Å². The Balaban J connectivity index is 2.06. The van der Waals surface area contributed by atoms with Gasteiger partial charge in [0.25, 0.3) is 5.91 Å². The fraction of sp³-hybridized carbons (Fsp3) is 0.368. The van der Waals surface area contributed by atoms with Gasteiger partial charge in [-0.3, -0.25) is 4.79 Å². The molecule has 2 rings (SSSR count). The average molecular weight is 408 g/mol. The van der Waals surface area contributed by atoms with Crippen LogP contribution in [0.3, 0.4) is 0 Å². The number of morpholine rings is 1. The van der Waals surface area contributed by atoms with E-state index in [1.165, 1.54) is 33.5 Å². The molecule has 0 N–H and O–H groups in total. The lowest BCUT2D eigenvalue weighted by Gasteiger charge is -2.26. The molecule has 1 saturated heterocycles. The second kappa shape index (κ2) is 10.2. The minimum absolute atomic E-state index is 0.00452. The van der Waals surface area contributed by atoms with Crippen molar-refractivity contribution in [2.75, 3.05) is 46.0 Å². The number of nitrogens with zero attached hydrogens (tertiary/aromatic N) is 2. The van der Waals surface area contributed by atoms with Crippen molar-refractivity contribution < 1.29 is 27.5 Å². The van der Waals surface area contributed by atoms with Crippen LogP contribution in [-0.4, -0.2) is 75.5 Å². The summed E-state index contributed by atoms with van der Waals surface area (Å²) in [5.41, 5.74) is 0.0566. The van der Waals surface area contributed by atoms with Gasteiger partial charge in [-0.25, -0.2) is 13.2 Å². The number of hydrogen-bond acceptors (Lipinski definition) is 6. The van der Waals surface area contributed by atoms with E-state index in [1.54, 1.807) is 12.2 Å². The van der Waals surface area contributed by atoms with Crippen molar-refractivity contribution in [2.24, 2.45) is 0 Å². The number of amides is 1. The highest BCUT2D eigenvalue weighted by molar-refractivity contribution is 7.89. The maximum absolute atomic E-state index is 12.7. The first-order chi connectivity index (χ1) is 13.4. The van der Waals surface area contributed by atoms with Crippen LogP contribution in [0.25, 0.3) is 0 Å². The molecule has 1 heterocycles. The Labute approximate surface area is 165 Å². The Kier molecular flexibility index (Phi) is 7.91. The molecule has 152 valence electrons. The first-order valence-corrected chi connectivity index (χ1v) is 10.2. The Morgan fingerprint density at radius 3 is 2.43 bits per heavy atom. The summed E-state index contributed by atoms with van der Waals surface area (Å²) in [6.45, 7) is 8.47. The van der Waals surface area contributed by atoms with Crippen molar-refractivity contribution >= 4 is 21.9 Å². The van der Waals surface area contributed by atoms with Crippen molar-refractivity contribution in [2.45, 2.75) is 4.90 Å². The molecule has 0 unspecified atom stereocenters. The topological polar surface area (TPSA) is 93.2 Å². The van der Waals surface area contributed by atoms with Gasteiger partial charge in [0.05, 0.1) is 23.7 Å². The fourth-order valence-corrected chi connectivity index (χ4v) is 4.07. The van der Waals surface area contributed by atoms with Gasteiger partial charge >= 0.3 is 5.97 Å². The van der Waals surface area contributed by atoms with Gasteiger partial charge in [-0.2, -0.15) is 4.31 Å². The van der Waals surface area contributed by atoms with E-state index in [9.17, 15) is 18.0 Å². The molecule has 1 aliphatic heterocycles. The largest absolute Gasteiger partial charge is 0.452 e. The van der Waals surface area contributed by atoms with Gasteiger partial charge in [0.2, 0.25) is 10.0 Å². The van der Waals surface area contributed by atoms with Crippen LogP contribution < -0.4 is 0 Å². The maximum Gasteiger partial charge on any atom is 0.338 e. The normalized spacial score (nSPS) is 14.9. The Bertz CT molecular complexity index is 821. The van der Waals surface area contributed by atoms with Gasteiger partial charge in [0.1, 0.15) is 0 Å². The lowest BCUT2D eigenvalue weighted by molar-refractivity contribution is -0.133. The Morgan fingerprint density at radius 2 is 1.82 bits per heavy atom. The quantitative estimate of drug-likeness (QED) is 0.448. The lowest BCUT2D eigenvalue weighted by Crippen LogP contribution is -2.40. The lowest BCUT2D eigenvalue weighted by atomic mass is 10.2. The van der Waals surface area contributed by atoms with E-state index >= 15 is 0 Å². The van der Waals surface area contributed by atoms with Crippen molar-refractivity contribution in [1.82, 2.24) is 9.21 Å². The number of rotatable bonds is 9. The molecular weight excluding hydrogens is 384 g/mol. The highest BCUT2D eigenvalue weighted by Gasteiger charge is 2.27. The number of carbonyl (C=O) groups is 2. The number of esters is 1. The molecular formula is C19H24N2O6S. The summed E-state index contributed by atoms with van der Waals surface area (Å²) in [5, 5.41) is 0. The van der Waals surface area contributed by atoms with Crippen LogP contribution in [0.15, 0.2) is 54.5 Å². The second-order valence-electron chi connectivity index (χ2n) is 6.00. The van der Waals surface area contributed by atoms with Gasteiger partial charge in [-0.05, 0) is 18.2 Å². The molecule has 0 bridgehead atoms. The molecule has 1 amide bonds. The minimum atomic E-state index is -3.73. The monoisotopic (exact) mass is 408 g/mol. The first kappa shape index (κ1) is 21.8. The van der Waals surface area contributed by atoms with Crippen LogP contribution in [0.2, 0.25) is 0 Å². The van der Waals surface area contributed by atoms with Crippen molar-refractivity contribution in [3.8, 4) is 0 Å². The molecule has 0 atom stereocenters. The van der Waals surface area contributed by atoms with E-state index in [0.29, 0.717) is 26.3 Å². The summed E-state index contributed by atoms with van der Waals surface area (Å²) in [6, 6.07) is 5.58. The zero-order valence-electron chi connectivity index (χ0n) is 15.6. The van der Waals surface area contributed by atoms with Crippen LogP contribution in [0.1, 0.15) is 10.4 Å². The summed E-state index contributed by atoms with van der Waals surface area (Å²) in [4.78, 5) is 25.8. The smallest absolute Gasteiger partial charge is 0.338 e. The number of hydrogen-bond donors (Lipinski definition) is 0. The van der Waals surface area contributed by atoms with E-state index in [4.69, 9.17) is 9.47 Å². The highest BCUT2D eigenvalue weighted by atomic mass is 32.2. The standard InChI is InChI=1S/C19H24N2O6S/c1-3-8-20(9-4-2)18(22)15-27-19(23)16-6-5-7-17(14-16)28(24,25)21-10-12-26-13-11-21/h3-7,14H,1-2,8-13,15H2. The number of ether oxygens (including phenoxy) is 2. The second-order valence-corrected chi connectivity index (χ2v) is 7.93. The van der Waals surface area contributed by atoms with Gasteiger partial charge < -0.3 is 14.4 Å². The molecule has 9 heteroatoms. The Morgan fingerprint density at radius 1 is 1.18 bits per heavy atom. The van der Waals surface area contributed by atoms with Crippen molar-refractivity contribution in [3.05, 3.63) is 55.1 Å². The van der Waals surface area contributed by atoms with Crippen molar-refractivity contribution in [1.29, 1.82) is 0 Å². The molecule has 0 saturated carbocycles. The maximum atomic E-state index is 12.7.